The lowest BCUT2D eigenvalue weighted by Gasteiger charge is -2.41. The number of carbonyl (C=O) groups excluding carboxylic acids is 1. The lowest BCUT2D eigenvalue weighted by Crippen LogP contribution is -2.49. The number of carbonyl (C=O) groups is 1. The summed E-state index contributed by atoms with van der Waals surface area (Å²) in [6.45, 7) is 11.9. The zero-order valence-electron chi connectivity index (χ0n) is 18.1. The lowest BCUT2D eigenvalue weighted by atomic mass is 9.69. The topological polar surface area (TPSA) is 46.5 Å². The van der Waals surface area contributed by atoms with Gasteiger partial charge in [0.25, 0.3) is 0 Å². The Balaban J connectivity index is 2.87. The molecule has 1 aliphatic carbocycles. The molecule has 0 bridgehead atoms. The molecular formula is C22H44NO3+. The van der Waals surface area contributed by atoms with Crippen LogP contribution < -0.4 is 0 Å². The van der Waals surface area contributed by atoms with E-state index >= 15 is 0 Å². The summed E-state index contributed by atoms with van der Waals surface area (Å²) in [5.74, 6) is -0.234. The second-order valence-electron chi connectivity index (χ2n) is 8.62. The molecule has 1 unspecified atom stereocenters. The van der Waals surface area contributed by atoms with E-state index in [1.54, 1.807) is 0 Å². The number of quaternary nitrogens is 1. The SMILES string of the molecule is CCCC(O)(CCC)C(C(=O)OCC[N+](C)(CC)CC)C1CCCCC1. The van der Waals surface area contributed by atoms with E-state index in [9.17, 15) is 9.90 Å². The van der Waals surface area contributed by atoms with Crippen LogP contribution in [0.4, 0.5) is 0 Å². The molecule has 1 saturated carbocycles. The van der Waals surface area contributed by atoms with Gasteiger partial charge in [-0.1, -0.05) is 46.0 Å². The number of likely N-dealkylation sites (N-methyl/N-ethyl adjacent to an activating group) is 1. The normalized spacial score (nSPS) is 17.9. The van der Waals surface area contributed by atoms with Crippen molar-refractivity contribution in [3.63, 3.8) is 0 Å². The summed E-state index contributed by atoms with van der Waals surface area (Å²) in [5.41, 5.74) is -0.906. The second-order valence-corrected chi connectivity index (χ2v) is 8.62. The van der Waals surface area contributed by atoms with E-state index in [0.29, 0.717) is 19.4 Å². The quantitative estimate of drug-likeness (QED) is 0.405. The molecule has 1 rings (SSSR count). The minimum absolute atomic E-state index is 0.153. The van der Waals surface area contributed by atoms with Crippen LogP contribution in [-0.4, -0.2) is 54.4 Å². The van der Waals surface area contributed by atoms with Crippen molar-refractivity contribution in [2.45, 2.75) is 91.1 Å². The number of nitrogens with zero attached hydrogens (tertiary/aromatic N) is 1. The van der Waals surface area contributed by atoms with Crippen LogP contribution >= 0.6 is 0 Å². The van der Waals surface area contributed by atoms with Crippen LogP contribution in [0.2, 0.25) is 0 Å². The van der Waals surface area contributed by atoms with Crippen molar-refractivity contribution >= 4 is 5.97 Å². The Hall–Kier alpha value is -0.610. The Labute approximate surface area is 161 Å². The van der Waals surface area contributed by atoms with Gasteiger partial charge in [-0.25, -0.2) is 0 Å². The van der Waals surface area contributed by atoms with Gasteiger partial charge < -0.3 is 14.3 Å². The number of hydrogen-bond donors (Lipinski definition) is 1. The number of ether oxygens (including phenoxy) is 1. The van der Waals surface area contributed by atoms with E-state index in [2.05, 4.69) is 34.7 Å². The fraction of sp³-hybridized carbons (Fsp3) is 0.955. The monoisotopic (exact) mass is 370 g/mol. The summed E-state index contributed by atoms with van der Waals surface area (Å²) < 4.78 is 6.69. The Morgan fingerprint density at radius 3 is 2.08 bits per heavy atom. The van der Waals surface area contributed by atoms with E-state index in [1.165, 1.54) is 19.3 Å². The van der Waals surface area contributed by atoms with Gasteiger partial charge in [-0.15, -0.1) is 0 Å². The van der Waals surface area contributed by atoms with Crippen molar-refractivity contribution in [3.8, 4) is 0 Å². The minimum Gasteiger partial charge on any atom is -0.459 e. The first kappa shape index (κ1) is 23.4. The van der Waals surface area contributed by atoms with Crippen LogP contribution in [0.25, 0.3) is 0 Å². The third-order valence-corrected chi connectivity index (χ3v) is 6.72. The van der Waals surface area contributed by atoms with Crippen molar-refractivity contribution in [3.05, 3.63) is 0 Å². The molecule has 0 radical (unpaired) electrons. The maximum Gasteiger partial charge on any atom is 0.312 e. The molecule has 1 atom stereocenters. The first-order valence-electron chi connectivity index (χ1n) is 11.1. The van der Waals surface area contributed by atoms with Gasteiger partial charge in [-0.2, -0.15) is 0 Å². The largest absolute Gasteiger partial charge is 0.459 e. The zero-order chi connectivity index (χ0) is 19.6. The molecule has 0 aromatic carbocycles. The summed E-state index contributed by atoms with van der Waals surface area (Å²) in [6, 6.07) is 0. The van der Waals surface area contributed by atoms with Crippen LogP contribution in [0.15, 0.2) is 0 Å². The highest BCUT2D eigenvalue weighted by atomic mass is 16.5. The van der Waals surface area contributed by atoms with E-state index in [0.717, 1.165) is 49.8 Å². The van der Waals surface area contributed by atoms with Crippen LogP contribution in [0.5, 0.6) is 0 Å². The molecule has 26 heavy (non-hydrogen) atoms. The number of aliphatic hydroxyl groups is 1. The van der Waals surface area contributed by atoms with E-state index in [4.69, 9.17) is 4.74 Å². The number of rotatable bonds is 12. The third kappa shape index (κ3) is 6.53. The number of hydrogen-bond acceptors (Lipinski definition) is 3. The predicted octanol–water partition coefficient (Wildman–Crippen LogP) is 4.54. The summed E-state index contributed by atoms with van der Waals surface area (Å²) in [5, 5.41) is 11.4. The summed E-state index contributed by atoms with van der Waals surface area (Å²) in [7, 11) is 2.21. The number of esters is 1. The molecule has 1 N–H and O–H groups in total. The first-order chi connectivity index (χ1) is 12.4. The van der Waals surface area contributed by atoms with Crippen LogP contribution in [0.1, 0.15) is 85.5 Å². The maximum absolute atomic E-state index is 13.1. The molecule has 4 nitrogen and oxygen atoms in total. The highest BCUT2D eigenvalue weighted by molar-refractivity contribution is 5.74. The van der Waals surface area contributed by atoms with Gasteiger partial charge in [0.1, 0.15) is 13.2 Å². The summed E-state index contributed by atoms with van der Waals surface area (Å²) in [4.78, 5) is 13.1. The fourth-order valence-corrected chi connectivity index (χ4v) is 4.62. The average molecular weight is 371 g/mol. The van der Waals surface area contributed by atoms with Crippen LogP contribution in [0.3, 0.4) is 0 Å². The van der Waals surface area contributed by atoms with Crippen LogP contribution in [-0.2, 0) is 9.53 Å². The first-order valence-corrected chi connectivity index (χ1v) is 11.1. The lowest BCUT2D eigenvalue weighted by molar-refractivity contribution is -0.906. The van der Waals surface area contributed by atoms with Gasteiger partial charge in [0.05, 0.1) is 31.7 Å². The highest BCUT2D eigenvalue weighted by Gasteiger charge is 2.46. The van der Waals surface area contributed by atoms with Crippen molar-refractivity contribution in [2.24, 2.45) is 11.8 Å². The fourth-order valence-electron chi connectivity index (χ4n) is 4.62. The van der Waals surface area contributed by atoms with Gasteiger partial charge >= 0.3 is 5.97 Å². The zero-order valence-corrected chi connectivity index (χ0v) is 18.1. The van der Waals surface area contributed by atoms with E-state index in [-0.39, 0.29) is 17.8 Å². The van der Waals surface area contributed by atoms with Crippen molar-refractivity contribution in [1.82, 2.24) is 0 Å². The summed E-state index contributed by atoms with van der Waals surface area (Å²) >= 11 is 0. The van der Waals surface area contributed by atoms with Gasteiger partial charge in [-0.3, -0.25) is 4.79 Å². The Morgan fingerprint density at radius 2 is 1.62 bits per heavy atom. The smallest absolute Gasteiger partial charge is 0.312 e. The molecular weight excluding hydrogens is 326 g/mol. The average Bonchev–Trinajstić information content (AvgIpc) is 2.63. The second kappa shape index (κ2) is 11.3. The Morgan fingerprint density at radius 1 is 1.08 bits per heavy atom. The molecule has 0 saturated heterocycles. The molecule has 0 spiro atoms. The molecule has 0 heterocycles. The molecule has 0 aromatic heterocycles. The molecule has 1 aliphatic rings. The van der Waals surface area contributed by atoms with Gasteiger partial charge in [0.15, 0.2) is 0 Å². The summed E-state index contributed by atoms with van der Waals surface area (Å²) in [6.07, 6.45) is 8.86. The standard InChI is InChI=1S/C22H44NO3/c1-6-15-22(25,16-7-2)20(19-13-11-10-12-14-19)21(24)26-18-17-23(5,8-3)9-4/h19-20,25H,6-18H2,1-5H3/q+1. The van der Waals surface area contributed by atoms with Gasteiger partial charge in [0, 0.05) is 0 Å². The van der Waals surface area contributed by atoms with Crippen molar-refractivity contribution in [1.29, 1.82) is 0 Å². The Bertz CT molecular complexity index is 394. The molecule has 154 valence electrons. The Kier molecular flexibility index (Phi) is 10.2. The predicted molar refractivity (Wildman–Crippen MR) is 108 cm³/mol. The van der Waals surface area contributed by atoms with Gasteiger partial charge in [-0.05, 0) is 45.4 Å². The van der Waals surface area contributed by atoms with Crippen LogP contribution in [0, 0.1) is 11.8 Å². The molecule has 1 fully saturated rings. The van der Waals surface area contributed by atoms with Crippen molar-refractivity contribution in [2.75, 3.05) is 33.3 Å². The molecule has 0 aliphatic heterocycles. The van der Waals surface area contributed by atoms with E-state index in [1.807, 2.05) is 0 Å². The maximum atomic E-state index is 13.1. The van der Waals surface area contributed by atoms with E-state index < -0.39 is 5.60 Å². The van der Waals surface area contributed by atoms with Gasteiger partial charge in [0.2, 0.25) is 0 Å². The molecule has 4 heteroatoms. The third-order valence-electron chi connectivity index (χ3n) is 6.72. The van der Waals surface area contributed by atoms with Crippen molar-refractivity contribution < 1.29 is 19.1 Å². The highest BCUT2D eigenvalue weighted by Crippen LogP contribution is 2.41. The molecule has 0 aromatic rings. The molecule has 0 amide bonds. The minimum atomic E-state index is -0.906.